The van der Waals surface area contributed by atoms with Gasteiger partial charge in [0.2, 0.25) is 0 Å². The van der Waals surface area contributed by atoms with Crippen molar-refractivity contribution in [3.8, 4) is 0 Å². The van der Waals surface area contributed by atoms with Crippen molar-refractivity contribution in [1.82, 2.24) is 10.2 Å². The van der Waals surface area contributed by atoms with Crippen LogP contribution in [0.2, 0.25) is 10.0 Å². The van der Waals surface area contributed by atoms with E-state index in [1.54, 1.807) is 11.8 Å². The van der Waals surface area contributed by atoms with Gasteiger partial charge in [0.05, 0.1) is 17.8 Å². The molecule has 4 rings (SSSR count). The summed E-state index contributed by atoms with van der Waals surface area (Å²) in [5.41, 5.74) is -1.92. The Bertz CT molecular complexity index is 1160. The van der Waals surface area contributed by atoms with Crippen LogP contribution in [0.4, 0.5) is 26.3 Å². The average Bonchev–Trinajstić information content (AvgIpc) is 3.39. The molecule has 0 bridgehead atoms. The van der Waals surface area contributed by atoms with Crippen molar-refractivity contribution in [1.29, 1.82) is 0 Å². The summed E-state index contributed by atoms with van der Waals surface area (Å²) in [6.45, 7) is 0.403. The number of hydrogen-bond donors (Lipinski definition) is 1. The molecule has 0 spiro atoms. The van der Waals surface area contributed by atoms with Crippen LogP contribution in [0, 0.1) is 6.92 Å². The minimum Gasteiger partial charge on any atom is -0.372 e. The van der Waals surface area contributed by atoms with Crippen LogP contribution < -0.4 is 5.32 Å². The molecular weight excluding hydrogens is 531 g/mol. The third-order valence-corrected chi connectivity index (χ3v) is 7.31. The number of amidine groups is 1. The lowest BCUT2D eigenvalue weighted by Gasteiger charge is -2.30. The quantitative estimate of drug-likeness (QED) is 0.470. The van der Waals surface area contributed by atoms with Gasteiger partial charge in [-0.05, 0) is 36.2 Å². The highest BCUT2D eigenvalue weighted by molar-refractivity contribution is 7.14. The third-order valence-electron chi connectivity index (χ3n) is 5.56. The number of fused-ring (bicyclic) bond motifs is 1. The molecule has 2 aliphatic heterocycles. The summed E-state index contributed by atoms with van der Waals surface area (Å²) in [6, 6.07) is 3.55. The van der Waals surface area contributed by atoms with E-state index in [9.17, 15) is 31.1 Å². The van der Waals surface area contributed by atoms with Crippen molar-refractivity contribution in [3.05, 3.63) is 54.7 Å². The average molecular weight is 546 g/mol. The Hall–Kier alpha value is -2.18. The predicted octanol–water partition coefficient (Wildman–Crippen LogP) is 6.16. The second-order valence-corrected chi connectivity index (χ2v) is 9.85. The Labute approximate surface area is 203 Å². The van der Waals surface area contributed by atoms with E-state index in [4.69, 9.17) is 28.0 Å². The molecule has 1 aromatic carbocycles. The Morgan fingerprint density at radius 1 is 1.18 bits per heavy atom. The molecule has 0 fully saturated rings. The Morgan fingerprint density at radius 2 is 1.82 bits per heavy atom. The predicted molar refractivity (Wildman–Crippen MR) is 114 cm³/mol. The number of nitrogens with zero attached hydrogens (tertiary/aromatic N) is 2. The zero-order valence-corrected chi connectivity index (χ0v) is 19.5. The molecule has 1 aromatic heterocycles. The van der Waals surface area contributed by atoms with Crippen LogP contribution in [0.1, 0.15) is 37.7 Å². The summed E-state index contributed by atoms with van der Waals surface area (Å²) in [5.74, 6) is -0.810. The fourth-order valence-corrected chi connectivity index (χ4v) is 5.64. The highest BCUT2D eigenvalue weighted by Crippen LogP contribution is 2.50. The van der Waals surface area contributed by atoms with Crippen LogP contribution in [-0.2, 0) is 23.5 Å². The van der Waals surface area contributed by atoms with Gasteiger partial charge in [-0.15, -0.1) is 11.3 Å². The summed E-state index contributed by atoms with van der Waals surface area (Å²) in [4.78, 5) is 19.5. The smallest absolute Gasteiger partial charge is 0.372 e. The van der Waals surface area contributed by atoms with Crippen molar-refractivity contribution in [2.45, 2.75) is 44.4 Å². The number of carbonyl (C=O) groups is 1. The molecule has 2 aromatic rings. The first kappa shape index (κ1) is 24.9. The molecule has 34 heavy (non-hydrogen) atoms. The monoisotopic (exact) mass is 545 g/mol. The highest BCUT2D eigenvalue weighted by atomic mass is 35.5. The van der Waals surface area contributed by atoms with E-state index in [1.807, 2.05) is 5.32 Å². The number of amides is 1. The summed E-state index contributed by atoms with van der Waals surface area (Å²) in [5, 5.41) is 5.57. The third kappa shape index (κ3) is 4.55. The maximum atomic E-state index is 14.2. The second kappa shape index (κ2) is 8.49. The standard InChI is InChI=1S/C20H15Cl2F6N3O2S/c1-9-13-6-31(7-14(13)34-16(9)17(32)29-8-19(23,24)25)15-5-18(33-30-15,20(26,27)28)10-2-11(21)4-12(22)3-10/h2-4H,5-8H2,1H3,(H,29,32). The minimum atomic E-state index is -4.84. The Balaban J connectivity index is 1.53. The van der Waals surface area contributed by atoms with Crippen LogP contribution in [0.15, 0.2) is 23.4 Å². The zero-order valence-electron chi connectivity index (χ0n) is 17.2. The molecular formula is C20H15Cl2F6N3O2S. The number of rotatable bonds is 3. The number of nitrogens with one attached hydrogen (secondary N) is 1. The number of benzene rings is 1. The van der Waals surface area contributed by atoms with Crippen molar-refractivity contribution in [2.75, 3.05) is 6.54 Å². The van der Waals surface area contributed by atoms with Gasteiger partial charge in [-0.1, -0.05) is 28.4 Å². The van der Waals surface area contributed by atoms with Gasteiger partial charge in [0.25, 0.3) is 11.5 Å². The maximum absolute atomic E-state index is 14.2. The fraction of sp³-hybridized carbons (Fsp3) is 0.400. The molecule has 184 valence electrons. The van der Waals surface area contributed by atoms with E-state index in [0.29, 0.717) is 16.0 Å². The van der Waals surface area contributed by atoms with Crippen molar-refractivity contribution in [3.63, 3.8) is 0 Å². The molecule has 1 amide bonds. The van der Waals surface area contributed by atoms with Gasteiger partial charge in [0, 0.05) is 27.0 Å². The number of thiophene rings is 1. The van der Waals surface area contributed by atoms with Gasteiger partial charge < -0.3 is 15.1 Å². The number of halogens is 8. The normalized spacial score (nSPS) is 20.3. The van der Waals surface area contributed by atoms with E-state index in [2.05, 4.69) is 5.16 Å². The van der Waals surface area contributed by atoms with Crippen LogP contribution in [0.3, 0.4) is 0 Å². The summed E-state index contributed by atoms with van der Waals surface area (Å²) < 4.78 is 79.7. The topological polar surface area (TPSA) is 53.9 Å². The molecule has 0 saturated carbocycles. The van der Waals surface area contributed by atoms with Gasteiger partial charge >= 0.3 is 12.4 Å². The van der Waals surface area contributed by atoms with Gasteiger partial charge in [-0.25, -0.2) is 0 Å². The molecule has 1 N–H and O–H groups in total. The fourth-order valence-electron chi connectivity index (χ4n) is 3.87. The Kier molecular flexibility index (Phi) is 6.22. The molecule has 1 atom stereocenters. The van der Waals surface area contributed by atoms with E-state index in [0.717, 1.165) is 23.5 Å². The number of carbonyl (C=O) groups excluding carboxylic acids is 1. The van der Waals surface area contributed by atoms with E-state index < -0.39 is 36.8 Å². The first-order valence-electron chi connectivity index (χ1n) is 9.69. The lowest BCUT2D eigenvalue weighted by molar-refractivity contribution is -0.275. The van der Waals surface area contributed by atoms with Crippen LogP contribution in [0.25, 0.3) is 0 Å². The number of hydrogen-bond acceptors (Lipinski definition) is 5. The van der Waals surface area contributed by atoms with Gasteiger partial charge in [-0.3, -0.25) is 4.79 Å². The van der Waals surface area contributed by atoms with Gasteiger partial charge in [-0.2, -0.15) is 26.3 Å². The number of oxime groups is 1. The van der Waals surface area contributed by atoms with Gasteiger partial charge in [0.15, 0.2) is 0 Å². The largest absolute Gasteiger partial charge is 0.435 e. The lowest BCUT2D eigenvalue weighted by Crippen LogP contribution is -2.43. The van der Waals surface area contributed by atoms with Crippen LogP contribution in [0.5, 0.6) is 0 Å². The second-order valence-electron chi connectivity index (χ2n) is 7.87. The zero-order chi connectivity index (χ0) is 25.1. The maximum Gasteiger partial charge on any atom is 0.435 e. The SMILES string of the molecule is Cc1c(C(=O)NCC(F)(F)F)sc2c1CN(C1=NOC(c3cc(Cl)cc(Cl)c3)(C(F)(F)F)C1)C2. The molecule has 5 nitrogen and oxygen atoms in total. The van der Waals surface area contributed by atoms with Crippen molar-refractivity contribution < 1.29 is 36.0 Å². The lowest BCUT2D eigenvalue weighted by atomic mass is 9.89. The van der Waals surface area contributed by atoms with Crippen molar-refractivity contribution >= 4 is 46.3 Å². The highest BCUT2D eigenvalue weighted by Gasteiger charge is 2.63. The van der Waals surface area contributed by atoms with E-state index in [-0.39, 0.29) is 39.4 Å². The summed E-state index contributed by atoms with van der Waals surface area (Å²) in [6.07, 6.45) is -10.0. The first-order valence-corrected chi connectivity index (χ1v) is 11.3. The van der Waals surface area contributed by atoms with Gasteiger partial charge in [0.1, 0.15) is 12.4 Å². The summed E-state index contributed by atoms with van der Waals surface area (Å²) >= 11 is 12.8. The van der Waals surface area contributed by atoms with E-state index >= 15 is 0 Å². The van der Waals surface area contributed by atoms with Crippen molar-refractivity contribution in [2.24, 2.45) is 5.16 Å². The number of alkyl halides is 6. The molecule has 0 radical (unpaired) electrons. The van der Waals surface area contributed by atoms with Crippen LogP contribution in [-0.4, -0.2) is 35.5 Å². The summed E-state index contributed by atoms with van der Waals surface area (Å²) in [7, 11) is 0. The molecule has 2 aliphatic rings. The first-order chi connectivity index (χ1) is 15.7. The minimum absolute atomic E-state index is 0.0125. The molecule has 0 aliphatic carbocycles. The molecule has 3 heterocycles. The molecule has 14 heteroatoms. The van der Waals surface area contributed by atoms with Crippen LogP contribution >= 0.6 is 34.5 Å². The molecule has 0 saturated heterocycles. The Morgan fingerprint density at radius 3 is 2.38 bits per heavy atom. The van der Waals surface area contributed by atoms with E-state index in [1.165, 1.54) is 6.07 Å². The molecule has 1 unspecified atom stereocenters.